The molecule has 0 spiro atoms. The standard InChI is InChI=1S/C16H15N5O3S/c1-9-4-3-5-11(6-9)7-21-8-17-15(20-21)18-10(2)12-13(22)19-16(24)25-14(12)23/h3-6,8,23H,7H2,1-2H3,(H,19,22,24)/b18-10+. The Labute approximate surface area is 146 Å². The first-order chi connectivity index (χ1) is 11.9. The van der Waals surface area contributed by atoms with Crippen LogP contribution in [0.2, 0.25) is 0 Å². The van der Waals surface area contributed by atoms with Gasteiger partial charge < -0.3 is 5.11 Å². The maximum Gasteiger partial charge on any atom is 0.310 e. The summed E-state index contributed by atoms with van der Waals surface area (Å²) in [6, 6.07) is 8.04. The first-order valence-corrected chi connectivity index (χ1v) is 8.21. The van der Waals surface area contributed by atoms with Gasteiger partial charge in [0.05, 0.1) is 12.3 Å². The van der Waals surface area contributed by atoms with Crippen LogP contribution in [0.25, 0.3) is 0 Å². The Morgan fingerprint density at radius 2 is 2.20 bits per heavy atom. The summed E-state index contributed by atoms with van der Waals surface area (Å²) in [6.45, 7) is 4.10. The lowest BCUT2D eigenvalue weighted by Crippen LogP contribution is -2.22. The number of aromatic nitrogens is 4. The number of hydrogen-bond acceptors (Lipinski definition) is 7. The Hall–Kier alpha value is -3.07. The maximum atomic E-state index is 11.8. The van der Waals surface area contributed by atoms with Gasteiger partial charge in [0.15, 0.2) is 5.06 Å². The molecule has 0 saturated carbocycles. The zero-order valence-corrected chi connectivity index (χ0v) is 14.4. The lowest BCUT2D eigenvalue weighted by Gasteiger charge is -2.02. The number of H-pyrrole nitrogens is 1. The molecule has 0 aliphatic rings. The van der Waals surface area contributed by atoms with Crippen LogP contribution in [-0.4, -0.2) is 30.6 Å². The fourth-order valence-corrected chi connectivity index (χ4v) is 3.01. The SMILES string of the molecule is C/C(=N\c1ncn(Cc2cccc(C)c2)n1)c1c(O)sc(=O)[nH]c1=O. The van der Waals surface area contributed by atoms with E-state index in [1.54, 1.807) is 17.9 Å². The molecule has 1 aromatic carbocycles. The highest BCUT2D eigenvalue weighted by atomic mass is 32.1. The molecule has 2 N–H and O–H groups in total. The topological polar surface area (TPSA) is 113 Å². The Morgan fingerprint density at radius 3 is 2.92 bits per heavy atom. The van der Waals surface area contributed by atoms with Gasteiger partial charge in [0.2, 0.25) is 0 Å². The van der Waals surface area contributed by atoms with Gasteiger partial charge in [0.25, 0.3) is 11.5 Å². The fraction of sp³-hybridized carbons (Fsp3) is 0.188. The molecule has 3 aromatic rings. The lowest BCUT2D eigenvalue weighted by molar-refractivity contribution is 0.487. The highest BCUT2D eigenvalue weighted by molar-refractivity contribution is 7.11. The monoisotopic (exact) mass is 357 g/mol. The van der Waals surface area contributed by atoms with Crippen molar-refractivity contribution >= 4 is 23.0 Å². The summed E-state index contributed by atoms with van der Waals surface area (Å²) in [6.07, 6.45) is 1.54. The van der Waals surface area contributed by atoms with Crippen LogP contribution < -0.4 is 10.4 Å². The zero-order chi connectivity index (χ0) is 18.0. The highest BCUT2D eigenvalue weighted by Crippen LogP contribution is 2.17. The number of nitrogens with one attached hydrogen (secondary N) is 1. The van der Waals surface area contributed by atoms with E-state index < -0.39 is 10.4 Å². The third-order valence-corrected chi connectivity index (χ3v) is 4.11. The molecule has 3 rings (SSSR count). The number of aliphatic imine (C=N–C) groups is 1. The van der Waals surface area contributed by atoms with Gasteiger partial charge >= 0.3 is 4.87 Å². The summed E-state index contributed by atoms with van der Waals surface area (Å²) < 4.78 is 1.63. The van der Waals surface area contributed by atoms with Crippen molar-refractivity contribution in [1.29, 1.82) is 0 Å². The maximum absolute atomic E-state index is 11.8. The number of nitrogens with zero attached hydrogens (tertiary/aromatic N) is 4. The number of benzene rings is 1. The van der Waals surface area contributed by atoms with Crippen molar-refractivity contribution < 1.29 is 5.11 Å². The first-order valence-electron chi connectivity index (χ1n) is 7.39. The van der Waals surface area contributed by atoms with Crippen molar-refractivity contribution in [2.45, 2.75) is 20.4 Å². The molecular weight excluding hydrogens is 342 g/mol. The molecule has 9 heteroatoms. The van der Waals surface area contributed by atoms with Gasteiger partial charge in [0.1, 0.15) is 11.9 Å². The summed E-state index contributed by atoms with van der Waals surface area (Å²) in [5, 5.41) is 13.7. The minimum atomic E-state index is -0.693. The third-order valence-electron chi connectivity index (χ3n) is 3.43. The Bertz CT molecular complexity index is 1060. The number of aromatic hydroxyl groups is 1. The van der Waals surface area contributed by atoms with E-state index >= 15 is 0 Å². The average molecular weight is 357 g/mol. The van der Waals surface area contributed by atoms with Crippen molar-refractivity contribution in [3.05, 3.63) is 67.3 Å². The Balaban J connectivity index is 1.86. The molecule has 0 atom stereocenters. The molecule has 0 radical (unpaired) electrons. The van der Waals surface area contributed by atoms with E-state index in [0.29, 0.717) is 17.9 Å². The number of aryl methyl sites for hydroxylation is 1. The van der Waals surface area contributed by atoms with E-state index in [9.17, 15) is 14.7 Å². The summed E-state index contributed by atoms with van der Waals surface area (Å²) in [5.41, 5.74) is 1.72. The molecule has 2 heterocycles. The molecule has 2 aromatic heterocycles. The fourth-order valence-electron chi connectivity index (χ4n) is 2.35. The number of aromatic amines is 1. The van der Waals surface area contributed by atoms with Crippen molar-refractivity contribution in [3.63, 3.8) is 0 Å². The van der Waals surface area contributed by atoms with Gasteiger partial charge in [-0.1, -0.05) is 29.8 Å². The van der Waals surface area contributed by atoms with E-state index in [2.05, 4.69) is 26.1 Å². The summed E-state index contributed by atoms with van der Waals surface area (Å²) >= 11 is 0.538. The minimum absolute atomic E-state index is 0.0559. The molecule has 0 aliphatic heterocycles. The number of hydrogen-bond donors (Lipinski definition) is 2. The summed E-state index contributed by atoms with van der Waals surface area (Å²) in [7, 11) is 0. The molecular formula is C16H15N5O3S. The highest BCUT2D eigenvalue weighted by Gasteiger charge is 2.13. The quantitative estimate of drug-likeness (QED) is 0.689. The predicted octanol–water partition coefficient (Wildman–Crippen LogP) is 1.59. The van der Waals surface area contributed by atoms with E-state index in [1.807, 2.05) is 25.1 Å². The van der Waals surface area contributed by atoms with Crippen LogP contribution in [0.4, 0.5) is 5.95 Å². The Kier molecular flexibility index (Phi) is 4.57. The molecule has 0 fully saturated rings. The average Bonchev–Trinajstić information content (AvgIpc) is 2.93. The van der Waals surface area contributed by atoms with Crippen LogP contribution in [0.15, 0.2) is 45.2 Å². The minimum Gasteiger partial charge on any atom is -0.499 e. The second kappa shape index (κ2) is 6.81. The van der Waals surface area contributed by atoms with E-state index in [4.69, 9.17) is 0 Å². The van der Waals surface area contributed by atoms with Crippen LogP contribution in [-0.2, 0) is 6.54 Å². The molecule has 0 aliphatic carbocycles. The van der Waals surface area contributed by atoms with Gasteiger partial charge in [-0.3, -0.25) is 14.6 Å². The summed E-state index contributed by atoms with van der Waals surface area (Å²) in [5.74, 6) is 0.167. The van der Waals surface area contributed by atoms with Crippen molar-refractivity contribution in [1.82, 2.24) is 19.7 Å². The smallest absolute Gasteiger partial charge is 0.310 e. The second-order valence-electron chi connectivity index (χ2n) is 5.45. The van der Waals surface area contributed by atoms with Crippen LogP contribution in [0.5, 0.6) is 5.06 Å². The van der Waals surface area contributed by atoms with Crippen molar-refractivity contribution in [2.24, 2.45) is 4.99 Å². The molecule has 128 valence electrons. The van der Waals surface area contributed by atoms with E-state index in [-0.39, 0.29) is 22.3 Å². The Morgan fingerprint density at radius 1 is 1.40 bits per heavy atom. The summed E-state index contributed by atoms with van der Waals surface area (Å²) in [4.78, 5) is 32.7. The van der Waals surface area contributed by atoms with Crippen LogP contribution in [0.1, 0.15) is 23.6 Å². The van der Waals surface area contributed by atoms with Gasteiger partial charge in [-0.25, -0.2) is 9.67 Å². The van der Waals surface area contributed by atoms with Gasteiger partial charge in [-0.05, 0) is 30.7 Å². The molecule has 8 nitrogen and oxygen atoms in total. The predicted molar refractivity (Wildman–Crippen MR) is 95.0 cm³/mol. The first kappa shape index (κ1) is 16.8. The molecule has 0 bridgehead atoms. The van der Waals surface area contributed by atoms with Crippen LogP contribution in [0, 0.1) is 6.92 Å². The van der Waals surface area contributed by atoms with Gasteiger partial charge in [0, 0.05) is 0 Å². The largest absolute Gasteiger partial charge is 0.499 e. The molecule has 0 saturated heterocycles. The van der Waals surface area contributed by atoms with Gasteiger partial charge in [-0.15, -0.1) is 5.10 Å². The third kappa shape index (κ3) is 3.89. The van der Waals surface area contributed by atoms with E-state index in [1.165, 1.54) is 0 Å². The zero-order valence-electron chi connectivity index (χ0n) is 13.6. The van der Waals surface area contributed by atoms with Crippen molar-refractivity contribution in [3.8, 4) is 5.06 Å². The molecule has 0 unspecified atom stereocenters. The lowest BCUT2D eigenvalue weighted by atomic mass is 10.1. The molecule has 25 heavy (non-hydrogen) atoms. The van der Waals surface area contributed by atoms with Gasteiger partial charge in [-0.2, -0.15) is 4.98 Å². The van der Waals surface area contributed by atoms with Crippen molar-refractivity contribution in [2.75, 3.05) is 0 Å². The molecule has 0 amide bonds. The van der Waals surface area contributed by atoms with E-state index in [0.717, 1.165) is 11.1 Å². The van der Waals surface area contributed by atoms with Crippen LogP contribution in [0.3, 0.4) is 0 Å². The number of rotatable bonds is 4. The normalized spacial score (nSPS) is 11.7. The van der Waals surface area contributed by atoms with Crippen LogP contribution >= 0.6 is 11.3 Å². The second-order valence-corrected chi connectivity index (χ2v) is 6.41.